The highest BCUT2D eigenvalue weighted by Crippen LogP contribution is 2.23. The highest BCUT2D eigenvalue weighted by atomic mass is 15.2. The largest absolute Gasteiger partial charge is 0.370 e. The fraction of sp³-hybridized carbons (Fsp3) is 0.444. The predicted octanol–water partition coefficient (Wildman–Crippen LogP) is 2.72. The van der Waals surface area contributed by atoms with E-state index in [4.69, 9.17) is 0 Å². The maximum absolute atomic E-state index is 4.40. The SMILES string of the molecule is CCCNc1cc(-c2ccc(N3CCN(C)CC3)cc2)ncn1. The lowest BCUT2D eigenvalue weighted by Crippen LogP contribution is -2.44. The van der Waals surface area contributed by atoms with Crippen LogP contribution in [0.4, 0.5) is 11.5 Å². The molecule has 1 aromatic carbocycles. The molecule has 0 amide bonds. The monoisotopic (exact) mass is 311 g/mol. The van der Waals surface area contributed by atoms with Crippen LogP contribution in [0.2, 0.25) is 0 Å². The molecule has 2 heterocycles. The Morgan fingerprint density at radius 3 is 2.48 bits per heavy atom. The van der Waals surface area contributed by atoms with Gasteiger partial charge in [0, 0.05) is 50.0 Å². The van der Waals surface area contributed by atoms with E-state index in [9.17, 15) is 0 Å². The molecule has 23 heavy (non-hydrogen) atoms. The molecule has 5 nitrogen and oxygen atoms in total. The van der Waals surface area contributed by atoms with Gasteiger partial charge in [0.25, 0.3) is 0 Å². The third-order valence-corrected chi connectivity index (χ3v) is 4.25. The van der Waals surface area contributed by atoms with Crippen LogP contribution >= 0.6 is 0 Å². The number of piperazine rings is 1. The quantitative estimate of drug-likeness (QED) is 0.920. The molecule has 1 aliphatic rings. The lowest BCUT2D eigenvalue weighted by atomic mass is 10.1. The number of likely N-dealkylation sites (N-methyl/N-ethyl adjacent to an activating group) is 1. The molecule has 0 bridgehead atoms. The van der Waals surface area contributed by atoms with E-state index in [0.29, 0.717) is 0 Å². The van der Waals surface area contributed by atoms with Crippen LogP contribution in [0.25, 0.3) is 11.3 Å². The number of hydrogen-bond acceptors (Lipinski definition) is 5. The van der Waals surface area contributed by atoms with E-state index >= 15 is 0 Å². The number of nitrogens with one attached hydrogen (secondary N) is 1. The molecule has 0 radical (unpaired) electrons. The second-order valence-corrected chi connectivity index (χ2v) is 6.05. The Balaban J connectivity index is 1.72. The van der Waals surface area contributed by atoms with Gasteiger partial charge in [-0.2, -0.15) is 0 Å². The number of anilines is 2. The van der Waals surface area contributed by atoms with Gasteiger partial charge in [-0.3, -0.25) is 0 Å². The van der Waals surface area contributed by atoms with Gasteiger partial charge in [0.05, 0.1) is 5.69 Å². The highest BCUT2D eigenvalue weighted by Gasteiger charge is 2.14. The van der Waals surface area contributed by atoms with Crippen molar-refractivity contribution in [2.45, 2.75) is 13.3 Å². The van der Waals surface area contributed by atoms with Crippen molar-refractivity contribution in [2.24, 2.45) is 0 Å². The highest BCUT2D eigenvalue weighted by molar-refractivity contribution is 5.65. The van der Waals surface area contributed by atoms with Crippen molar-refractivity contribution in [2.75, 3.05) is 50.0 Å². The van der Waals surface area contributed by atoms with Crippen LogP contribution in [0.1, 0.15) is 13.3 Å². The molecular weight excluding hydrogens is 286 g/mol. The molecule has 2 aromatic rings. The average Bonchev–Trinajstić information content (AvgIpc) is 2.61. The second-order valence-electron chi connectivity index (χ2n) is 6.05. The smallest absolute Gasteiger partial charge is 0.129 e. The standard InChI is InChI=1S/C18H25N5/c1-3-8-19-18-13-17(20-14-21-18)15-4-6-16(7-5-15)23-11-9-22(2)10-12-23/h4-7,13-14H,3,8-12H2,1-2H3,(H,19,20,21). The Kier molecular flexibility index (Phi) is 5.08. The number of hydrogen-bond donors (Lipinski definition) is 1. The lowest BCUT2D eigenvalue weighted by Gasteiger charge is -2.34. The van der Waals surface area contributed by atoms with Crippen LogP contribution in [0.15, 0.2) is 36.7 Å². The summed E-state index contributed by atoms with van der Waals surface area (Å²) in [6.07, 6.45) is 2.71. The zero-order valence-corrected chi connectivity index (χ0v) is 14.0. The summed E-state index contributed by atoms with van der Waals surface area (Å²) in [5.41, 5.74) is 3.38. The summed E-state index contributed by atoms with van der Waals surface area (Å²) in [6, 6.07) is 10.7. The number of rotatable bonds is 5. The van der Waals surface area contributed by atoms with E-state index in [1.807, 2.05) is 6.07 Å². The van der Waals surface area contributed by atoms with Crippen molar-refractivity contribution in [1.82, 2.24) is 14.9 Å². The van der Waals surface area contributed by atoms with Crippen LogP contribution < -0.4 is 10.2 Å². The summed E-state index contributed by atoms with van der Waals surface area (Å²) < 4.78 is 0. The average molecular weight is 311 g/mol. The lowest BCUT2D eigenvalue weighted by molar-refractivity contribution is 0.313. The van der Waals surface area contributed by atoms with E-state index < -0.39 is 0 Å². The van der Waals surface area contributed by atoms with Gasteiger partial charge >= 0.3 is 0 Å². The minimum Gasteiger partial charge on any atom is -0.370 e. The first-order valence-electron chi connectivity index (χ1n) is 8.36. The van der Waals surface area contributed by atoms with Crippen molar-refractivity contribution < 1.29 is 0 Å². The first-order valence-corrected chi connectivity index (χ1v) is 8.36. The van der Waals surface area contributed by atoms with Gasteiger partial charge in [-0.25, -0.2) is 9.97 Å². The van der Waals surface area contributed by atoms with Gasteiger partial charge in [-0.1, -0.05) is 19.1 Å². The van der Waals surface area contributed by atoms with Gasteiger partial charge in [0.1, 0.15) is 12.1 Å². The summed E-state index contributed by atoms with van der Waals surface area (Å²) in [4.78, 5) is 13.5. The van der Waals surface area contributed by atoms with Crippen LogP contribution in [0.5, 0.6) is 0 Å². The molecule has 0 spiro atoms. The molecular formula is C18H25N5. The van der Waals surface area contributed by atoms with E-state index in [0.717, 1.165) is 56.2 Å². The van der Waals surface area contributed by atoms with Crippen LogP contribution in [0.3, 0.4) is 0 Å². The van der Waals surface area contributed by atoms with Crippen LogP contribution in [-0.4, -0.2) is 54.6 Å². The molecule has 1 fully saturated rings. The van der Waals surface area contributed by atoms with Gasteiger partial charge < -0.3 is 15.1 Å². The number of aromatic nitrogens is 2. The summed E-state index contributed by atoms with van der Waals surface area (Å²) >= 11 is 0. The summed E-state index contributed by atoms with van der Waals surface area (Å²) in [5, 5.41) is 3.31. The van der Waals surface area contributed by atoms with Crippen LogP contribution in [-0.2, 0) is 0 Å². The molecule has 122 valence electrons. The Hall–Kier alpha value is -2.14. The number of nitrogens with zero attached hydrogens (tertiary/aromatic N) is 4. The first kappa shape index (κ1) is 15.7. The zero-order chi connectivity index (χ0) is 16.1. The third kappa shape index (κ3) is 3.99. The molecule has 5 heteroatoms. The second kappa shape index (κ2) is 7.42. The Labute approximate surface area is 138 Å². The minimum atomic E-state index is 0.889. The van der Waals surface area contributed by atoms with Crippen LogP contribution in [0, 0.1) is 0 Å². The molecule has 3 rings (SSSR count). The summed E-state index contributed by atoms with van der Waals surface area (Å²) in [5.74, 6) is 0.889. The fourth-order valence-electron chi connectivity index (χ4n) is 2.77. The maximum atomic E-state index is 4.40. The Morgan fingerprint density at radius 1 is 1.04 bits per heavy atom. The number of benzene rings is 1. The Morgan fingerprint density at radius 2 is 1.78 bits per heavy atom. The first-order chi connectivity index (χ1) is 11.3. The molecule has 1 N–H and O–H groups in total. The normalized spacial score (nSPS) is 15.7. The molecule has 0 aliphatic carbocycles. The van der Waals surface area contributed by atoms with Gasteiger partial charge in [-0.05, 0) is 25.6 Å². The molecule has 1 aromatic heterocycles. The summed E-state index contributed by atoms with van der Waals surface area (Å²) in [7, 11) is 2.18. The molecule has 0 unspecified atom stereocenters. The van der Waals surface area contributed by atoms with Crippen molar-refractivity contribution >= 4 is 11.5 Å². The van der Waals surface area contributed by atoms with Crippen molar-refractivity contribution in [1.29, 1.82) is 0 Å². The summed E-state index contributed by atoms with van der Waals surface area (Å²) in [6.45, 7) is 7.51. The van der Waals surface area contributed by atoms with E-state index in [1.54, 1.807) is 6.33 Å². The molecule has 0 atom stereocenters. The van der Waals surface area contributed by atoms with Gasteiger partial charge in [-0.15, -0.1) is 0 Å². The topological polar surface area (TPSA) is 44.3 Å². The zero-order valence-electron chi connectivity index (χ0n) is 14.0. The maximum Gasteiger partial charge on any atom is 0.129 e. The van der Waals surface area contributed by atoms with Crippen molar-refractivity contribution in [3.8, 4) is 11.3 Å². The third-order valence-electron chi connectivity index (χ3n) is 4.25. The van der Waals surface area contributed by atoms with Gasteiger partial charge in [0.15, 0.2) is 0 Å². The molecule has 1 aliphatic heterocycles. The molecule has 1 saturated heterocycles. The van der Waals surface area contributed by atoms with Crippen molar-refractivity contribution in [3.05, 3.63) is 36.7 Å². The predicted molar refractivity (Wildman–Crippen MR) is 96.0 cm³/mol. The minimum absolute atomic E-state index is 0.889. The van der Waals surface area contributed by atoms with E-state index in [2.05, 4.69) is 63.3 Å². The van der Waals surface area contributed by atoms with Gasteiger partial charge in [0.2, 0.25) is 0 Å². The van der Waals surface area contributed by atoms with E-state index in [1.165, 1.54) is 5.69 Å². The van der Waals surface area contributed by atoms with Crippen molar-refractivity contribution in [3.63, 3.8) is 0 Å². The Bertz CT molecular complexity index is 618. The molecule has 0 saturated carbocycles. The fourth-order valence-corrected chi connectivity index (χ4v) is 2.77. The van der Waals surface area contributed by atoms with E-state index in [-0.39, 0.29) is 0 Å².